The highest BCUT2D eigenvalue weighted by Gasteiger charge is 2.26. The number of thiocarbonyl (C=S) groups is 1. The second-order valence-electron chi connectivity index (χ2n) is 8.19. The van der Waals surface area contributed by atoms with Crippen LogP contribution in [0.2, 0.25) is 0 Å². The van der Waals surface area contributed by atoms with Crippen LogP contribution < -0.4 is 15.6 Å². The number of fused-ring (bicyclic) bond motifs is 1. The van der Waals surface area contributed by atoms with E-state index in [1.165, 1.54) is 12.8 Å². The molecule has 1 aliphatic heterocycles. The van der Waals surface area contributed by atoms with Gasteiger partial charge in [-0.15, -0.1) is 0 Å². The van der Waals surface area contributed by atoms with E-state index >= 15 is 0 Å². The molecule has 0 bridgehead atoms. The van der Waals surface area contributed by atoms with E-state index in [0.29, 0.717) is 19.2 Å². The molecule has 1 unspecified atom stereocenters. The molecular weight excluding hydrogens is 398 g/mol. The zero-order chi connectivity index (χ0) is 20.9. The van der Waals surface area contributed by atoms with Gasteiger partial charge in [0.15, 0.2) is 5.11 Å². The molecule has 2 N–H and O–H groups in total. The fourth-order valence-electron chi connectivity index (χ4n) is 4.48. The summed E-state index contributed by atoms with van der Waals surface area (Å²) in [4.78, 5) is 18.0. The molecule has 2 heterocycles. The Morgan fingerprint density at radius 2 is 2.10 bits per heavy atom. The van der Waals surface area contributed by atoms with Gasteiger partial charge in [-0.2, -0.15) is 0 Å². The third-order valence-electron chi connectivity index (χ3n) is 6.08. The molecule has 2 aliphatic rings. The van der Waals surface area contributed by atoms with E-state index in [9.17, 15) is 4.79 Å². The molecule has 162 valence electrons. The quantitative estimate of drug-likeness (QED) is 0.654. The van der Waals surface area contributed by atoms with Crippen molar-refractivity contribution in [3.05, 3.63) is 40.2 Å². The second-order valence-corrected chi connectivity index (χ2v) is 8.58. The molecule has 0 radical (unpaired) electrons. The number of benzene rings is 1. The Morgan fingerprint density at radius 1 is 1.27 bits per heavy atom. The number of pyridine rings is 1. The van der Waals surface area contributed by atoms with Crippen LogP contribution in [-0.2, 0) is 11.3 Å². The fraction of sp³-hybridized carbons (Fsp3) is 0.565. The summed E-state index contributed by atoms with van der Waals surface area (Å²) < 4.78 is 11.3. The first-order valence-corrected chi connectivity index (χ1v) is 11.5. The summed E-state index contributed by atoms with van der Waals surface area (Å²) in [5, 5.41) is 5.10. The molecule has 30 heavy (non-hydrogen) atoms. The lowest BCUT2D eigenvalue weighted by atomic mass is 10.1. The van der Waals surface area contributed by atoms with Crippen molar-refractivity contribution in [1.29, 1.82) is 0 Å². The van der Waals surface area contributed by atoms with Crippen LogP contribution >= 0.6 is 12.2 Å². The summed E-state index contributed by atoms with van der Waals surface area (Å²) in [5.41, 5.74) is 1.49. The molecule has 1 aromatic heterocycles. The molecular formula is C23H31N3O3S. The van der Waals surface area contributed by atoms with Crippen molar-refractivity contribution in [3.63, 3.8) is 0 Å². The molecule has 1 aromatic carbocycles. The second kappa shape index (κ2) is 9.79. The molecule has 0 spiro atoms. The van der Waals surface area contributed by atoms with E-state index in [1.54, 1.807) is 0 Å². The highest BCUT2D eigenvalue weighted by Crippen LogP contribution is 2.26. The van der Waals surface area contributed by atoms with Gasteiger partial charge in [-0.1, -0.05) is 12.8 Å². The minimum absolute atomic E-state index is 0.0587. The molecule has 1 saturated carbocycles. The van der Waals surface area contributed by atoms with E-state index < -0.39 is 0 Å². The Balaban J connectivity index is 1.54. The summed E-state index contributed by atoms with van der Waals surface area (Å²) in [7, 11) is 0. The van der Waals surface area contributed by atoms with Gasteiger partial charge in [-0.3, -0.25) is 4.79 Å². The number of H-pyrrole nitrogens is 1. The molecule has 1 aliphatic carbocycles. The van der Waals surface area contributed by atoms with Crippen molar-refractivity contribution >= 4 is 28.2 Å². The van der Waals surface area contributed by atoms with Gasteiger partial charge < -0.3 is 24.7 Å². The first-order valence-electron chi connectivity index (χ1n) is 11.1. The first kappa shape index (κ1) is 21.1. The average molecular weight is 430 g/mol. The molecule has 1 atom stereocenters. The normalized spacial score (nSPS) is 19.3. The third kappa shape index (κ3) is 4.95. The van der Waals surface area contributed by atoms with Crippen molar-refractivity contribution < 1.29 is 9.47 Å². The summed E-state index contributed by atoms with van der Waals surface area (Å²) in [6.07, 6.45) is 7.06. The van der Waals surface area contributed by atoms with Crippen LogP contribution in [0.15, 0.2) is 29.1 Å². The van der Waals surface area contributed by atoms with E-state index in [1.807, 2.05) is 31.2 Å². The van der Waals surface area contributed by atoms with Crippen molar-refractivity contribution in [2.24, 2.45) is 0 Å². The van der Waals surface area contributed by atoms with Gasteiger partial charge in [0.05, 0.1) is 19.3 Å². The first-order chi connectivity index (χ1) is 14.6. The minimum Gasteiger partial charge on any atom is -0.494 e. The Labute approximate surface area is 182 Å². The summed E-state index contributed by atoms with van der Waals surface area (Å²) in [6.45, 7) is 4.65. The molecule has 1 saturated heterocycles. The monoisotopic (exact) mass is 429 g/mol. The minimum atomic E-state index is -0.0587. The number of hydrogen-bond acceptors (Lipinski definition) is 4. The van der Waals surface area contributed by atoms with Gasteiger partial charge in [-0.25, -0.2) is 0 Å². The Kier molecular flexibility index (Phi) is 6.89. The molecule has 2 aromatic rings. The van der Waals surface area contributed by atoms with Crippen molar-refractivity contribution in [2.75, 3.05) is 19.8 Å². The highest BCUT2D eigenvalue weighted by atomic mass is 32.1. The van der Waals surface area contributed by atoms with Crippen LogP contribution in [0.1, 0.15) is 51.0 Å². The number of nitrogens with one attached hydrogen (secondary N) is 2. The van der Waals surface area contributed by atoms with Gasteiger partial charge in [0.25, 0.3) is 5.56 Å². The van der Waals surface area contributed by atoms with Gasteiger partial charge in [-0.05, 0) is 69.1 Å². The highest BCUT2D eigenvalue weighted by molar-refractivity contribution is 7.80. The number of aromatic nitrogens is 1. The lowest BCUT2D eigenvalue weighted by molar-refractivity contribution is 0.113. The lowest BCUT2D eigenvalue weighted by Crippen LogP contribution is -2.47. The standard InChI is InChI=1S/C23H31N3O3S/c1-2-28-19-9-10-21-16(13-19)12-17(22(27)25-21)15-26(18-6-3-4-7-18)23(30)24-14-20-8-5-11-29-20/h9-10,12-13,18,20H,2-8,11,14-15H2,1H3,(H,24,30)(H,25,27). The maximum atomic E-state index is 12.8. The lowest BCUT2D eigenvalue weighted by Gasteiger charge is -2.32. The van der Waals surface area contributed by atoms with E-state index in [2.05, 4.69) is 15.2 Å². The average Bonchev–Trinajstić information content (AvgIpc) is 3.45. The zero-order valence-electron chi connectivity index (χ0n) is 17.6. The van der Waals surface area contributed by atoms with E-state index in [-0.39, 0.29) is 11.7 Å². The fourth-order valence-corrected chi connectivity index (χ4v) is 4.77. The van der Waals surface area contributed by atoms with Gasteiger partial charge >= 0.3 is 0 Å². The Hall–Kier alpha value is -2.12. The predicted molar refractivity (Wildman–Crippen MR) is 123 cm³/mol. The van der Waals surface area contributed by atoms with Gasteiger partial charge in [0.2, 0.25) is 0 Å². The molecule has 7 heteroatoms. The van der Waals surface area contributed by atoms with Crippen LogP contribution in [0.5, 0.6) is 5.75 Å². The summed E-state index contributed by atoms with van der Waals surface area (Å²) in [5.74, 6) is 0.810. The van der Waals surface area contributed by atoms with Gasteiger partial charge in [0, 0.05) is 35.7 Å². The van der Waals surface area contributed by atoms with Crippen molar-refractivity contribution in [3.8, 4) is 5.75 Å². The van der Waals surface area contributed by atoms with Crippen LogP contribution in [0.25, 0.3) is 10.9 Å². The number of ether oxygens (including phenoxy) is 2. The van der Waals surface area contributed by atoms with Gasteiger partial charge in [0.1, 0.15) is 5.75 Å². The predicted octanol–water partition coefficient (Wildman–Crippen LogP) is 3.72. The molecule has 0 amide bonds. The SMILES string of the molecule is CCOc1ccc2[nH]c(=O)c(CN(C(=S)NCC3CCCO3)C3CCCC3)cc2c1. The smallest absolute Gasteiger partial charge is 0.253 e. The van der Waals surface area contributed by atoms with Crippen LogP contribution in [0.4, 0.5) is 0 Å². The number of rotatable bonds is 7. The van der Waals surface area contributed by atoms with E-state index in [0.717, 1.165) is 66.2 Å². The Morgan fingerprint density at radius 3 is 2.83 bits per heavy atom. The summed E-state index contributed by atoms with van der Waals surface area (Å²) >= 11 is 5.77. The molecule has 2 fully saturated rings. The Bertz CT molecular complexity index is 933. The largest absolute Gasteiger partial charge is 0.494 e. The number of hydrogen-bond donors (Lipinski definition) is 2. The van der Waals surface area contributed by atoms with Crippen LogP contribution in [0, 0.1) is 0 Å². The van der Waals surface area contributed by atoms with E-state index in [4.69, 9.17) is 21.7 Å². The van der Waals surface area contributed by atoms with Crippen molar-refractivity contribution in [1.82, 2.24) is 15.2 Å². The maximum Gasteiger partial charge on any atom is 0.253 e. The topological polar surface area (TPSA) is 66.6 Å². The van der Waals surface area contributed by atoms with Crippen LogP contribution in [-0.4, -0.2) is 46.9 Å². The van der Waals surface area contributed by atoms with Crippen molar-refractivity contribution in [2.45, 2.75) is 64.1 Å². The summed E-state index contributed by atoms with van der Waals surface area (Å²) in [6, 6.07) is 8.11. The molecule has 4 rings (SSSR count). The third-order valence-corrected chi connectivity index (χ3v) is 6.45. The van der Waals surface area contributed by atoms with Crippen LogP contribution in [0.3, 0.4) is 0 Å². The number of aromatic amines is 1. The zero-order valence-corrected chi connectivity index (χ0v) is 18.4. The molecule has 6 nitrogen and oxygen atoms in total. The maximum absolute atomic E-state index is 12.8. The number of nitrogens with zero attached hydrogens (tertiary/aromatic N) is 1.